The summed E-state index contributed by atoms with van der Waals surface area (Å²) >= 11 is 0. The second kappa shape index (κ2) is 1.97. The molecule has 0 aromatic heterocycles. The standard InChI is InChI=1S/C9H10O3/c1-5-7(10)3-6-4-9(5,6)8(11)12-2/h6H,1,3-4H2,2H3. The Morgan fingerprint density at radius 2 is 2.42 bits per heavy atom. The van der Waals surface area contributed by atoms with E-state index in [1.807, 2.05) is 0 Å². The van der Waals surface area contributed by atoms with Crippen molar-refractivity contribution in [2.24, 2.45) is 11.3 Å². The van der Waals surface area contributed by atoms with E-state index in [-0.39, 0.29) is 17.7 Å². The molecule has 0 aliphatic heterocycles. The monoisotopic (exact) mass is 166 g/mol. The Morgan fingerprint density at radius 1 is 1.75 bits per heavy atom. The highest BCUT2D eigenvalue weighted by Crippen LogP contribution is 2.64. The first-order chi connectivity index (χ1) is 5.63. The largest absolute Gasteiger partial charge is 0.468 e. The van der Waals surface area contributed by atoms with Crippen LogP contribution in [0, 0.1) is 11.3 Å². The minimum atomic E-state index is -0.605. The molecule has 2 aliphatic carbocycles. The highest BCUT2D eigenvalue weighted by atomic mass is 16.5. The highest BCUT2D eigenvalue weighted by molar-refractivity contribution is 6.08. The first-order valence-electron chi connectivity index (χ1n) is 3.94. The van der Waals surface area contributed by atoms with Crippen LogP contribution in [0.25, 0.3) is 0 Å². The van der Waals surface area contributed by atoms with Gasteiger partial charge in [-0.3, -0.25) is 9.59 Å². The maximum atomic E-state index is 11.3. The highest BCUT2D eigenvalue weighted by Gasteiger charge is 2.68. The van der Waals surface area contributed by atoms with E-state index < -0.39 is 5.41 Å². The van der Waals surface area contributed by atoms with E-state index >= 15 is 0 Å². The summed E-state index contributed by atoms with van der Waals surface area (Å²) in [5.74, 6) is -0.0787. The Hall–Kier alpha value is -1.12. The van der Waals surface area contributed by atoms with Crippen molar-refractivity contribution in [2.75, 3.05) is 7.11 Å². The van der Waals surface area contributed by atoms with Crippen LogP contribution >= 0.6 is 0 Å². The molecular weight excluding hydrogens is 156 g/mol. The minimum Gasteiger partial charge on any atom is -0.468 e. The molecule has 0 N–H and O–H groups in total. The van der Waals surface area contributed by atoms with Gasteiger partial charge in [0.05, 0.1) is 12.5 Å². The number of ketones is 1. The number of hydrogen-bond acceptors (Lipinski definition) is 3. The summed E-state index contributed by atoms with van der Waals surface area (Å²) in [6.07, 6.45) is 1.23. The maximum absolute atomic E-state index is 11.3. The lowest BCUT2D eigenvalue weighted by atomic mass is 9.99. The van der Waals surface area contributed by atoms with E-state index in [4.69, 9.17) is 0 Å². The summed E-state index contributed by atoms with van der Waals surface area (Å²) in [4.78, 5) is 22.4. The van der Waals surface area contributed by atoms with Crippen LogP contribution in [0.15, 0.2) is 12.2 Å². The number of methoxy groups -OCH3 is 1. The van der Waals surface area contributed by atoms with Crippen molar-refractivity contribution >= 4 is 11.8 Å². The van der Waals surface area contributed by atoms with Crippen LogP contribution in [0.3, 0.4) is 0 Å². The van der Waals surface area contributed by atoms with Gasteiger partial charge < -0.3 is 4.74 Å². The van der Waals surface area contributed by atoms with E-state index in [0.717, 1.165) is 6.42 Å². The van der Waals surface area contributed by atoms with Crippen molar-refractivity contribution in [1.29, 1.82) is 0 Å². The smallest absolute Gasteiger partial charge is 0.316 e. The summed E-state index contributed by atoms with van der Waals surface area (Å²) in [5, 5.41) is 0. The molecule has 0 amide bonds. The van der Waals surface area contributed by atoms with E-state index in [9.17, 15) is 9.59 Å². The Bertz CT molecular complexity index is 292. The number of Topliss-reactive ketones (excluding diaryl/α,β-unsaturated/α-hetero) is 1. The van der Waals surface area contributed by atoms with Crippen LogP contribution < -0.4 is 0 Å². The average molecular weight is 166 g/mol. The van der Waals surface area contributed by atoms with E-state index in [0.29, 0.717) is 12.0 Å². The zero-order valence-electron chi connectivity index (χ0n) is 6.92. The molecule has 0 radical (unpaired) electrons. The zero-order chi connectivity index (χ0) is 8.93. The first kappa shape index (κ1) is 7.53. The molecule has 64 valence electrons. The number of ether oxygens (including phenoxy) is 1. The van der Waals surface area contributed by atoms with Crippen molar-refractivity contribution in [3.05, 3.63) is 12.2 Å². The van der Waals surface area contributed by atoms with Gasteiger partial charge in [-0.2, -0.15) is 0 Å². The second-order valence-corrected chi connectivity index (χ2v) is 3.47. The van der Waals surface area contributed by atoms with Gasteiger partial charge in [0.1, 0.15) is 0 Å². The van der Waals surface area contributed by atoms with Crippen molar-refractivity contribution in [3.8, 4) is 0 Å². The van der Waals surface area contributed by atoms with Crippen LogP contribution in [0.5, 0.6) is 0 Å². The predicted molar refractivity (Wildman–Crippen MR) is 41.3 cm³/mol. The third-order valence-electron chi connectivity index (χ3n) is 2.96. The third-order valence-corrected chi connectivity index (χ3v) is 2.96. The number of rotatable bonds is 1. The van der Waals surface area contributed by atoms with E-state index in [1.54, 1.807) is 0 Å². The summed E-state index contributed by atoms with van der Waals surface area (Å²) < 4.78 is 4.65. The number of carbonyl (C=O) groups is 2. The Labute approximate surface area is 70.4 Å². The fraction of sp³-hybridized carbons (Fsp3) is 0.556. The summed E-state index contributed by atoms with van der Waals surface area (Å²) in [6, 6.07) is 0. The third kappa shape index (κ3) is 0.618. The van der Waals surface area contributed by atoms with Gasteiger partial charge in [-0.25, -0.2) is 0 Å². The van der Waals surface area contributed by atoms with Crippen LogP contribution in [0.2, 0.25) is 0 Å². The van der Waals surface area contributed by atoms with E-state index in [1.165, 1.54) is 7.11 Å². The lowest BCUT2D eigenvalue weighted by Crippen LogP contribution is -2.20. The van der Waals surface area contributed by atoms with E-state index in [2.05, 4.69) is 11.3 Å². The van der Waals surface area contributed by atoms with Gasteiger partial charge in [0, 0.05) is 12.0 Å². The Morgan fingerprint density at radius 3 is 2.83 bits per heavy atom. The molecule has 2 unspecified atom stereocenters. The topological polar surface area (TPSA) is 43.4 Å². The second-order valence-electron chi connectivity index (χ2n) is 3.47. The molecule has 3 heteroatoms. The summed E-state index contributed by atoms with van der Waals surface area (Å²) in [6.45, 7) is 3.65. The van der Waals surface area contributed by atoms with Crippen LogP contribution in [0.1, 0.15) is 12.8 Å². The van der Waals surface area contributed by atoms with Gasteiger partial charge in [0.2, 0.25) is 0 Å². The summed E-state index contributed by atoms with van der Waals surface area (Å²) in [5.41, 5.74) is -0.148. The molecule has 12 heavy (non-hydrogen) atoms. The average Bonchev–Trinajstić information content (AvgIpc) is 2.72. The molecule has 3 nitrogen and oxygen atoms in total. The normalized spacial score (nSPS) is 37.9. The lowest BCUT2D eigenvalue weighted by Gasteiger charge is -2.09. The number of carbonyl (C=O) groups excluding carboxylic acids is 2. The van der Waals surface area contributed by atoms with Crippen molar-refractivity contribution in [1.82, 2.24) is 0 Å². The predicted octanol–water partition coefficient (Wildman–Crippen LogP) is 0.695. The van der Waals surface area contributed by atoms with Crippen molar-refractivity contribution in [3.63, 3.8) is 0 Å². The summed E-state index contributed by atoms with van der Waals surface area (Å²) in [7, 11) is 1.35. The van der Waals surface area contributed by atoms with Gasteiger partial charge in [-0.1, -0.05) is 6.58 Å². The molecule has 0 saturated heterocycles. The molecule has 0 aromatic carbocycles. The van der Waals surface area contributed by atoms with Gasteiger partial charge in [0.15, 0.2) is 5.78 Å². The molecular formula is C9H10O3. The molecule has 2 fully saturated rings. The Balaban J connectivity index is 2.31. The lowest BCUT2D eigenvalue weighted by molar-refractivity contribution is -0.146. The molecule has 0 heterocycles. The number of fused-ring (bicyclic) bond motifs is 1. The number of hydrogen-bond donors (Lipinski definition) is 0. The maximum Gasteiger partial charge on any atom is 0.316 e. The van der Waals surface area contributed by atoms with Crippen LogP contribution in [0.4, 0.5) is 0 Å². The molecule has 2 saturated carbocycles. The quantitative estimate of drug-likeness (QED) is 0.425. The van der Waals surface area contributed by atoms with Gasteiger partial charge in [0.25, 0.3) is 0 Å². The van der Waals surface area contributed by atoms with Gasteiger partial charge in [-0.05, 0) is 12.3 Å². The first-order valence-corrected chi connectivity index (χ1v) is 3.94. The van der Waals surface area contributed by atoms with Gasteiger partial charge in [-0.15, -0.1) is 0 Å². The molecule has 0 aromatic rings. The van der Waals surface area contributed by atoms with Gasteiger partial charge >= 0.3 is 5.97 Å². The number of esters is 1. The SMILES string of the molecule is C=C1C(=O)CC2CC12C(=O)OC. The zero-order valence-corrected chi connectivity index (χ0v) is 6.92. The fourth-order valence-electron chi connectivity index (χ4n) is 2.10. The van der Waals surface area contributed by atoms with Crippen LogP contribution in [-0.2, 0) is 14.3 Å². The molecule has 2 atom stereocenters. The minimum absolute atomic E-state index is 0.0247. The van der Waals surface area contributed by atoms with Crippen molar-refractivity contribution in [2.45, 2.75) is 12.8 Å². The van der Waals surface area contributed by atoms with Crippen molar-refractivity contribution < 1.29 is 14.3 Å². The van der Waals surface area contributed by atoms with Crippen LogP contribution in [-0.4, -0.2) is 18.9 Å². The molecule has 2 aliphatic rings. The fourth-order valence-corrected chi connectivity index (χ4v) is 2.10. The molecule has 0 bridgehead atoms. The molecule has 2 rings (SSSR count). The molecule has 0 spiro atoms. The Kier molecular flexibility index (Phi) is 1.24.